The maximum atomic E-state index is 12.4. The van der Waals surface area contributed by atoms with E-state index in [2.05, 4.69) is 26.3 Å². The summed E-state index contributed by atoms with van der Waals surface area (Å²) >= 11 is 1.12. The van der Waals surface area contributed by atoms with Gasteiger partial charge in [-0.25, -0.2) is 9.59 Å². The molecule has 3 rings (SSSR count). The van der Waals surface area contributed by atoms with Crippen LogP contribution in [0.15, 0.2) is 53.5 Å². The van der Waals surface area contributed by atoms with Gasteiger partial charge in [0.1, 0.15) is 12.6 Å². The minimum absolute atomic E-state index is 0.0144. The molecule has 0 radical (unpaired) electrons. The van der Waals surface area contributed by atoms with Gasteiger partial charge in [-0.05, 0) is 30.2 Å². The number of aliphatic carboxylic acids is 1. The van der Waals surface area contributed by atoms with Crippen LogP contribution in [0.4, 0.5) is 4.79 Å². The highest BCUT2D eigenvalue weighted by atomic mass is 32.1. The topological polar surface area (TPSA) is 158 Å². The highest BCUT2D eigenvalue weighted by molar-refractivity contribution is 7.14. The second kappa shape index (κ2) is 12.9. The fraction of sp³-hybridized carbons (Fsp3) is 0.261. The Hall–Kier alpha value is -4.19. The molecule has 1 aliphatic heterocycles. The highest BCUT2D eigenvalue weighted by Crippen LogP contribution is 2.17. The molecule has 0 fully saturated rings. The lowest BCUT2D eigenvalue weighted by Crippen LogP contribution is -2.48. The van der Waals surface area contributed by atoms with Crippen molar-refractivity contribution in [3.63, 3.8) is 0 Å². The maximum Gasteiger partial charge on any atom is 0.408 e. The van der Waals surface area contributed by atoms with Crippen LogP contribution in [0, 0.1) is 0 Å². The number of ether oxygens (including phenoxy) is 1. The molecule has 0 saturated heterocycles. The monoisotopic (exact) mass is 499 g/mol. The maximum absolute atomic E-state index is 12.4. The van der Waals surface area contributed by atoms with Crippen LogP contribution in [-0.4, -0.2) is 60.6 Å². The summed E-state index contributed by atoms with van der Waals surface area (Å²) in [6.07, 6.45) is 2.89. The lowest BCUT2D eigenvalue weighted by atomic mass is 10.2. The molecule has 1 aliphatic rings. The van der Waals surface area contributed by atoms with Gasteiger partial charge in [0.2, 0.25) is 0 Å². The van der Waals surface area contributed by atoms with Gasteiger partial charge in [0.05, 0.1) is 4.88 Å². The van der Waals surface area contributed by atoms with E-state index in [1.54, 1.807) is 42.5 Å². The van der Waals surface area contributed by atoms with E-state index < -0.39 is 24.0 Å². The van der Waals surface area contributed by atoms with Gasteiger partial charge in [0.15, 0.2) is 5.96 Å². The number of carboxylic acid groups (broad SMARTS) is 1. The number of aliphatic imine (C=N–C) groups is 1. The van der Waals surface area contributed by atoms with E-state index in [0.29, 0.717) is 22.3 Å². The van der Waals surface area contributed by atoms with Crippen molar-refractivity contribution in [2.45, 2.75) is 19.1 Å². The molecular formula is C23H25N5O6S. The molecule has 0 bridgehead atoms. The molecule has 0 unspecified atom stereocenters. The zero-order chi connectivity index (χ0) is 25.0. The molecule has 2 heterocycles. The van der Waals surface area contributed by atoms with Crippen molar-refractivity contribution in [1.82, 2.24) is 21.3 Å². The van der Waals surface area contributed by atoms with Crippen LogP contribution in [0.25, 0.3) is 6.08 Å². The number of rotatable bonds is 9. The SMILES string of the molecule is O=C(/C=C/c1ccc(C(=O)NC[C@H](NC(=O)OCc2ccccc2)C(=O)O)s1)NC1=NCCCN1. The summed E-state index contributed by atoms with van der Waals surface area (Å²) < 4.78 is 5.02. The van der Waals surface area contributed by atoms with Gasteiger partial charge in [-0.15, -0.1) is 11.3 Å². The van der Waals surface area contributed by atoms with E-state index in [9.17, 15) is 24.3 Å². The molecule has 0 spiro atoms. The summed E-state index contributed by atoms with van der Waals surface area (Å²) in [7, 11) is 0. The predicted molar refractivity (Wildman–Crippen MR) is 130 cm³/mol. The number of hydrogen-bond acceptors (Lipinski definition) is 8. The van der Waals surface area contributed by atoms with Crippen molar-refractivity contribution < 1.29 is 29.0 Å². The molecular weight excluding hydrogens is 474 g/mol. The minimum atomic E-state index is -1.37. The molecule has 3 amide bonds. The number of benzene rings is 1. The number of carbonyl (C=O) groups excluding carboxylic acids is 3. The van der Waals surface area contributed by atoms with Crippen LogP contribution in [0.2, 0.25) is 0 Å². The summed E-state index contributed by atoms with van der Waals surface area (Å²) in [4.78, 5) is 53.0. The quantitative estimate of drug-likeness (QED) is 0.326. The summed E-state index contributed by atoms with van der Waals surface area (Å²) in [5, 5.41) is 19.7. The molecule has 0 aliphatic carbocycles. The third kappa shape index (κ3) is 8.59. The van der Waals surface area contributed by atoms with Gasteiger partial charge in [0, 0.05) is 30.6 Å². The van der Waals surface area contributed by atoms with Crippen LogP contribution in [0.5, 0.6) is 0 Å². The van der Waals surface area contributed by atoms with E-state index in [-0.39, 0.29) is 19.1 Å². The number of carbonyl (C=O) groups is 4. The van der Waals surface area contributed by atoms with Gasteiger partial charge in [-0.3, -0.25) is 19.9 Å². The molecule has 5 N–H and O–H groups in total. The van der Waals surface area contributed by atoms with E-state index in [0.717, 1.165) is 29.9 Å². The van der Waals surface area contributed by atoms with Crippen LogP contribution >= 0.6 is 11.3 Å². The summed E-state index contributed by atoms with van der Waals surface area (Å²) in [6.45, 7) is 1.05. The first-order chi connectivity index (χ1) is 16.9. The van der Waals surface area contributed by atoms with E-state index >= 15 is 0 Å². The zero-order valence-electron chi connectivity index (χ0n) is 18.7. The van der Waals surface area contributed by atoms with Gasteiger partial charge in [0.25, 0.3) is 11.8 Å². The summed E-state index contributed by atoms with van der Waals surface area (Å²) in [5.41, 5.74) is 0.752. The number of nitrogens with one attached hydrogen (secondary N) is 4. The summed E-state index contributed by atoms with van der Waals surface area (Å²) in [6, 6.07) is 10.8. The molecule has 11 nitrogen and oxygen atoms in total. The Balaban J connectivity index is 1.45. The number of guanidine groups is 1. The van der Waals surface area contributed by atoms with E-state index in [1.165, 1.54) is 6.08 Å². The number of alkyl carbamates (subject to hydrolysis) is 1. The van der Waals surface area contributed by atoms with Crippen LogP contribution < -0.4 is 21.3 Å². The Morgan fingerprint density at radius 3 is 2.69 bits per heavy atom. The second-order valence-corrected chi connectivity index (χ2v) is 8.46. The van der Waals surface area contributed by atoms with Crippen molar-refractivity contribution in [2.75, 3.05) is 19.6 Å². The highest BCUT2D eigenvalue weighted by Gasteiger charge is 2.22. The molecule has 1 aromatic carbocycles. The number of thiophene rings is 1. The van der Waals surface area contributed by atoms with Crippen molar-refractivity contribution in [3.8, 4) is 0 Å². The third-order valence-corrected chi connectivity index (χ3v) is 5.71. The molecule has 1 aromatic heterocycles. The Labute approximate surface area is 205 Å². The van der Waals surface area contributed by atoms with Crippen LogP contribution in [0.1, 0.15) is 26.5 Å². The number of hydrogen-bond donors (Lipinski definition) is 5. The third-order valence-electron chi connectivity index (χ3n) is 4.66. The number of amides is 3. The van der Waals surface area contributed by atoms with Crippen molar-refractivity contribution in [1.29, 1.82) is 0 Å². The number of nitrogens with zero attached hydrogens (tertiary/aromatic N) is 1. The Kier molecular flexibility index (Phi) is 9.37. The minimum Gasteiger partial charge on any atom is -0.480 e. The van der Waals surface area contributed by atoms with Crippen molar-refractivity contribution in [2.24, 2.45) is 4.99 Å². The first-order valence-electron chi connectivity index (χ1n) is 10.8. The Morgan fingerprint density at radius 1 is 1.17 bits per heavy atom. The number of carboxylic acids is 1. The Bertz CT molecular complexity index is 1110. The molecule has 184 valence electrons. The fourth-order valence-corrected chi connectivity index (χ4v) is 3.71. The van der Waals surface area contributed by atoms with Crippen LogP contribution in [0.3, 0.4) is 0 Å². The molecule has 1 atom stereocenters. The lowest BCUT2D eigenvalue weighted by molar-refractivity contribution is -0.139. The molecule has 35 heavy (non-hydrogen) atoms. The average molecular weight is 500 g/mol. The standard InChI is InChI=1S/C23H25N5O6S/c29-19(28-22-24-11-4-12-25-22)10-8-16-7-9-18(35-16)20(30)26-13-17(21(31)32)27-23(33)34-14-15-5-2-1-3-6-15/h1-3,5-10,17H,4,11-14H2,(H,26,30)(H,27,33)(H,31,32)(H2,24,25,28,29)/b10-8+/t17-/m0/s1. The predicted octanol–water partition coefficient (Wildman–Crippen LogP) is 1.34. The van der Waals surface area contributed by atoms with Crippen molar-refractivity contribution in [3.05, 3.63) is 63.9 Å². The lowest BCUT2D eigenvalue weighted by Gasteiger charge is -2.15. The molecule has 12 heteroatoms. The smallest absolute Gasteiger partial charge is 0.408 e. The molecule has 0 saturated carbocycles. The van der Waals surface area contributed by atoms with Crippen LogP contribution in [-0.2, 0) is 20.9 Å². The van der Waals surface area contributed by atoms with E-state index in [4.69, 9.17) is 4.74 Å². The Morgan fingerprint density at radius 2 is 1.97 bits per heavy atom. The van der Waals surface area contributed by atoms with Gasteiger partial charge in [-0.2, -0.15) is 0 Å². The average Bonchev–Trinajstić information content (AvgIpc) is 3.34. The second-order valence-electron chi connectivity index (χ2n) is 7.34. The first-order valence-corrected chi connectivity index (χ1v) is 11.6. The fourth-order valence-electron chi connectivity index (χ4n) is 2.89. The largest absolute Gasteiger partial charge is 0.480 e. The van der Waals surface area contributed by atoms with Gasteiger partial charge in [-0.1, -0.05) is 30.3 Å². The molecule has 2 aromatic rings. The van der Waals surface area contributed by atoms with Gasteiger partial charge < -0.3 is 25.8 Å². The van der Waals surface area contributed by atoms with Gasteiger partial charge >= 0.3 is 12.1 Å². The zero-order valence-corrected chi connectivity index (χ0v) is 19.5. The normalized spacial score (nSPS) is 13.8. The van der Waals surface area contributed by atoms with E-state index in [1.807, 2.05) is 6.07 Å². The first kappa shape index (κ1) is 25.4. The van der Waals surface area contributed by atoms with Crippen molar-refractivity contribution >= 4 is 47.2 Å². The summed E-state index contributed by atoms with van der Waals surface area (Å²) in [5.74, 6) is -1.75.